The average molecular weight is 392 g/mol. The van der Waals surface area contributed by atoms with E-state index in [-0.39, 0.29) is 0 Å². The number of aromatic nitrogens is 3. The summed E-state index contributed by atoms with van der Waals surface area (Å²) >= 11 is 0. The van der Waals surface area contributed by atoms with Crippen LogP contribution >= 0.6 is 0 Å². The third-order valence-corrected chi connectivity index (χ3v) is 4.56. The minimum atomic E-state index is 0.505. The Labute approximate surface area is 169 Å². The van der Waals surface area contributed by atoms with Gasteiger partial charge in [-0.05, 0) is 29.8 Å². The number of nitrogens with one attached hydrogen (secondary N) is 2. The Kier molecular flexibility index (Phi) is 6.01. The molecule has 1 saturated heterocycles. The summed E-state index contributed by atoms with van der Waals surface area (Å²) in [5.74, 6) is 2.50. The van der Waals surface area contributed by atoms with E-state index >= 15 is 0 Å². The topological polar surface area (TPSA) is 84.4 Å². The highest BCUT2D eigenvalue weighted by molar-refractivity contribution is 5.55. The summed E-state index contributed by atoms with van der Waals surface area (Å²) in [5.41, 5.74) is 2.03. The standard InChI is InChI=1S/C21H24N6O2/c1-28-18-9-7-16(8-10-18)15-22-19-24-20(23-17-5-3-2-4-6-17)26-21(25-19)27-11-13-29-14-12-27/h2-10H,11-15H2,1H3,(H2,22,23,24,25,26). The number of morpholine rings is 1. The summed E-state index contributed by atoms with van der Waals surface area (Å²) in [6.07, 6.45) is 0. The fourth-order valence-corrected chi connectivity index (χ4v) is 2.98. The second kappa shape index (κ2) is 9.20. The lowest BCUT2D eigenvalue weighted by atomic mass is 10.2. The molecule has 0 spiro atoms. The smallest absolute Gasteiger partial charge is 0.233 e. The molecule has 0 saturated carbocycles. The molecule has 0 bridgehead atoms. The van der Waals surface area contributed by atoms with Crippen molar-refractivity contribution in [1.82, 2.24) is 15.0 Å². The van der Waals surface area contributed by atoms with E-state index in [9.17, 15) is 0 Å². The lowest BCUT2D eigenvalue weighted by Crippen LogP contribution is -2.37. The van der Waals surface area contributed by atoms with Gasteiger partial charge >= 0.3 is 0 Å². The number of para-hydroxylation sites is 1. The van der Waals surface area contributed by atoms with Crippen molar-refractivity contribution in [2.24, 2.45) is 0 Å². The van der Waals surface area contributed by atoms with Gasteiger partial charge in [-0.1, -0.05) is 30.3 Å². The second-order valence-electron chi connectivity index (χ2n) is 6.57. The summed E-state index contributed by atoms with van der Waals surface area (Å²) in [5, 5.41) is 6.56. The Morgan fingerprint density at radius 3 is 2.38 bits per heavy atom. The van der Waals surface area contributed by atoms with E-state index < -0.39 is 0 Å². The van der Waals surface area contributed by atoms with Crippen molar-refractivity contribution >= 4 is 23.5 Å². The van der Waals surface area contributed by atoms with Crippen LogP contribution in [0.1, 0.15) is 5.56 Å². The fourth-order valence-electron chi connectivity index (χ4n) is 2.98. The zero-order valence-electron chi connectivity index (χ0n) is 16.3. The molecule has 2 heterocycles. The highest BCUT2D eigenvalue weighted by Gasteiger charge is 2.16. The molecule has 29 heavy (non-hydrogen) atoms. The van der Waals surface area contributed by atoms with Crippen LogP contribution < -0.4 is 20.3 Å². The molecule has 0 unspecified atom stereocenters. The van der Waals surface area contributed by atoms with Gasteiger partial charge in [0.15, 0.2) is 0 Å². The van der Waals surface area contributed by atoms with Gasteiger partial charge in [0.1, 0.15) is 5.75 Å². The first-order chi connectivity index (χ1) is 14.3. The van der Waals surface area contributed by atoms with E-state index in [1.54, 1.807) is 7.11 Å². The van der Waals surface area contributed by atoms with E-state index in [1.165, 1.54) is 0 Å². The van der Waals surface area contributed by atoms with Crippen LogP contribution in [0.2, 0.25) is 0 Å². The highest BCUT2D eigenvalue weighted by Crippen LogP contribution is 2.19. The predicted molar refractivity (Wildman–Crippen MR) is 113 cm³/mol. The molecule has 0 atom stereocenters. The van der Waals surface area contributed by atoms with E-state index in [0.717, 1.165) is 30.1 Å². The maximum absolute atomic E-state index is 5.45. The Morgan fingerprint density at radius 2 is 1.66 bits per heavy atom. The van der Waals surface area contributed by atoms with Gasteiger partial charge in [-0.15, -0.1) is 0 Å². The third-order valence-electron chi connectivity index (χ3n) is 4.56. The average Bonchev–Trinajstić information content (AvgIpc) is 2.79. The van der Waals surface area contributed by atoms with Gasteiger partial charge in [-0.3, -0.25) is 0 Å². The van der Waals surface area contributed by atoms with Gasteiger partial charge in [0.05, 0.1) is 20.3 Å². The van der Waals surface area contributed by atoms with Crippen molar-refractivity contribution in [1.29, 1.82) is 0 Å². The van der Waals surface area contributed by atoms with Gasteiger partial charge in [0.2, 0.25) is 17.8 Å². The molecule has 8 heteroatoms. The zero-order valence-corrected chi connectivity index (χ0v) is 16.3. The lowest BCUT2D eigenvalue weighted by molar-refractivity contribution is 0.122. The monoisotopic (exact) mass is 392 g/mol. The van der Waals surface area contributed by atoms with Crippen LogP contribution in [-0.4, -0.2) is 48.4 Å². The maximum Gasteiger partial charge on any atom is 0.233 e. The first-order valence-corrected chi connectivity index (χ1v) is 9.58. The van der Waals surface area contributed by atoms with Crippen molar-refractivity contribution in [3.63, 3.8) is 0 Å². The molecule has 150 valence electrons. The summed E-state index contributed by atoms with van der Waals surface area (Å²) in [6.45, 7) is 3.45. The molecule has 0 amide bonds. The van der Waals surface area contributed by atoms with Crippen LogP contribution in [0.25, 0.3) is 0 Å². The van der Waals surface area contributed by atoms with Crippen LogP contribution in [0.4, 0.5) is 23.5 Å². The SMILES string of the molecule is COc1ccc(CNc2nc(Nc3ccccc3)nc(N3CCOCC3)n2)cc1. The Balaban J connectivity index is 1.54. The van der Waals surface area contributed by atoms with Crippen LogP contribution in [0.5, 0.6) is 5.75 Å². The van der Waals surface area contributed by atoms with Crippen molar-refractivity contribution in [2.75, 3.05) is 48.9 Å². The van der Waals surface area contributed by atoms with Gasteiger partial charge < -0.3 is 25.0 Å². The van der Waals surface area contributed by atoms with Crippen molar-refractivity contribution in [2.45, 2.75) is 6.54 Å². The molecule has 4 rings (SSSR count). The second-order valence-corrected chi connectivity index (χ2v) is 6.57. The van der Waals surface area contributed by atoms with E-state index in [2.05, 4.69) is 30.5 Å². The van der Waals surface area contributed by atoms with E-state index in [1.807, 2.05) is 54.6 Å². The summed E-state index contributed by atoms with van der Waals surface area (Å²) in [6, 6.07) is 17.8. The molecule has 0 radical (unpaired) electrons. The fraction of sp³-hybridized carbons (Fsp3) is 0.286. The summed E-state index contributed by atoms with van der Waals surface area (Å²) < 4.78 is 10.7. The first kappa shape index (κ1) is 18.9. The quantitative estimate of drug-likeness (QED) is 0.635. The zero-order chi connectivity index (χ0) is 19.9. The van der Waals surface area contributed by atoms with Gasteiger partial charge in [0.25, 0.3) is 0 Å². The molecular formula is C21H24N6O2. The molecule has 2 aromatic carbocycles. The first-order valence-electron chi connectivity index (χ1n) is 9.58. The maximum atomic E-state index is 5.45. The molecule has 1 aliphatic rings. The van der Waals surface area contributed by atoms with Gasteiger partial charge in [0, 0.05) is 25.3 Å². The molecule has 1 aromatic heterocycles. The van der Waals surface area contributed by atoms with E-state index in [4.69, 9.17) is 9.47 Å². The molecule has 0 aliphatic carbocycles. The number of nitrogens with zero attached hydrogens (tertiary/aromatic N) is 4. The Hall–Kier alpha value is -3.39. The normalized spacial score (nSPS) is 13.8. The van der Waals surface area contributed by atoms with Gasteiger partial charge in [-0.25, -0.2) is 0 Å². The number of methoxy groups -OCH3 is 1. The predicted octanol–water partition coefficient (Wildman–Crippen LogP) is 3.07. The van der Waals surface area contributed by atoms with Crippen LogP contribution in [0, 0.1) is 0 Å². The number of hydrogen-bond donors (Lipinski definition) is 2. The molecule has 2 N–H and O–H groups in total. The number of benzene rings is 2. The number of hydrogen-bond acceptors (Lipinski definition) is 8. The molecule has 1 fully saturated rings. The Bertz CT molecular complexity index is 914. The number of rotatable bonds is 7. The Morgan fingerprint density at radius 1 is 0.931 bits per heavy atom. The molecule has 1 aliphatic heterocycles. The van der Waals surface area contributed by atoms with Crippen LogP contribution in [0.3, 0.4) is 0 Å². The molecule has 8 nitrogen and oxygen atoms in total. The van der Waals surface area contributed by atoms with E-state index in [0.29, 0.717) is 37.6 Å². The third kappa shape index (κ3) is 5.11. The molecular weight excluding hydrogens is 368 g/mol. The summed E-state index contributed by atoms with van der Waals surface area (Å²) in [4.78, 5) is 15.9. The van der Waals surface area contributed by atoms with Crippen LogP contribution in [-0.2, 0) is 11.3 Å². The highest BCUT2D eigenvalue weighted by atomic mass is 16.5. The molecule has 3 aromatic rings. The number of ether oxygens (including phenoxy) is 2. The number of anilines is 4. The van der Waals surface area contributed by atoms with Crippen molar-refractivity contribution < 1.29 is 9.47 Å². The summed E-state index contributed by atoms with van der Waals surface area (Å²) in [7, 11) is 1.66. The van der Waals surface area contributed by atoms with Crippen molar-refractivity contribution in [3.05, 3.63) is 60.2 Å². The van der Waals surface area contributed by atoms with Gasteiger partial charge in [-0.2, -0.15) is 15.0 Å². The minimum absolute atomic E-state index is 0.505. The lowest BCUT2D eigenvalue weighted by Gasteiger charge is -2.27. The minimum Gasteiger partial charge on any atom is -0.497 e. The van der Waals surface area contributed by atoms with Crippen LogP contribution in [0.15, 0.2) is 54.6 Å². The largest absolute Gasteiger partial charge is 0.497 e. The van der Waals surface area contributed by atoms with Crippen molar-refractivity contribution in [3.8, 4) is 5.75 Å².